The highest BCUT2D eigenvalue weighted by Crippen LogP contribution is 2.15. The molecule has 0 fully saturated rings. The van der Waals surface area contributed by atoms with E-state index in [0.29, 0.717) is 11.2 Å². The molecule has 3 heteroatoms. The third kappa shape index (κ3) is 6.65. The number of carbonyl (C=O) groups excluding carboxylic acids is 1. The van der Waals surface area contributed by atoms with Crippen LogP contribution in [-0.4, -0.2) is 17.9 Å². The highest BCUT2D eigenvalue weighted by Gasteiger charge is 2.06. The second kappa shape index (κ2) is 7.59. The predicted molar refractivity (Wildman–Crippen MR) is 53.5 cm³/mol. The van der Waals surface area contributed by atoms with Gasteiger partial charge < -0.3 is 4.74 Å². The highest BCUT2D eigenvalue weighted by atomic mass is 79.9. The molecular weight excluding hydrogens is 220 g/mol. The number of halogens is 1. The van der Waals surface area contributed by atoms with E-state index in [1.165, 1.54) is 20.0 Å². The second-order valence-electron chi connectivity index (χ2n) is 2.85. The molecule has 0 rings (SSSR count). The molecule has 0 aromatic heterocycles. The molecule has 0 saturated carbocycles. The van der Waals surface area contributed by atoms with Crippen LogP contribution in [0.4, 0.5) is 0 Å². The Balaban J connectivity index is 3.30. The minimum atomic E-state index is -0.115. The van der Waals surface area contributed by atoms with Crippen molar-refractivity contribution < 1.29 is 9.53 Å². The molecule has 0 aromatic rings. The number of carbonyl (C=O) groups is 1. The Morgan fingerprint density at radius 2 is 2.17 bits per heavy atom. The molecule has 0 spiro atoms. The standard InChI is InChI=1S/C9H17BrO2/c1-3-4-5-8(10)6-7-9(11)12-2/h8H,3-7H2,1-2H3. The van der Waals surface area contributed by atoms with Crippen molar-refractivity contribution in [3.63, 3.8) is 0 Å². The van der Waals surface area contributed by atoms with Crippen molar-refractivity contribution in [2.45, 2.75) is 43.9 Å². The summed E-state index contributed by atoms with van der Waals surface area (Å²) in [4.78, 5) is 11.2. The summed E-state index contributed by atoms with van der Waals surface area (Å²) >= 11 is 3.53. The lowest BCUT2D eigenvalue weighted by Crippen LogP contribution is -2.05. The van der Waals surface area contributed by atoms with E-state index < -0.39 is 0 Å². The number of esters is 1. The molecule has 0 heterocycles. The first-order valence-corrected chi connectivity index (χ1v) is 5.33. The SMILES string of the molecule is CCCCC(Br)CCC(=O)OC. The lowest BCUT2D eigenvalue weighted by Gasteiger charge is -2.06. The fraction of sp³-hybridized carbons (Fsp3) is 0.889. The summed E-state index contributed by atoms with van der Waals surface area (Å²) < 4.78 is 4.55. The Morgan fingerprint density at radius 1 is 1.50 bits per heavy atom. The first kappa shape index (κ1) is 11.9. The van der Waals surface area contributed by atoms with Gasteiger partial charge in [0.2, 0.25) is 0 Å². The van der Waals surface area contributed by atoms with Gasteiger partial charge in [-0.1, -0.05) is 35.7 Å². The molecule has 2 nitrogen and oxygen atoms in total. The Morgan fingerprint density at radius 3 is 2.67 bits per heavy atom. The second-order valence-corrected chi connectivity index (χ2v) is 4.15. The van der Waals surface area contributed by atoms with E-state index in [0.717, 1.165) is 12.8 Å². The number of unbranched alkanes of at least 4 members (excludes halogenated alkanes) is 1. The number of hydrogen-bond acceptors (Lipinski definition) is 2. The van der Waals surface area contributed by atoms with Crippen molar-refractivity contribution in [1.29, 1.82) is 0 Å². The van der Waals surface area contributed by atoms with Crippen molar-refractivity contribution in [2.75, 3.05) is 7.11 Å². The molecule has 12 heavy (non-hydrogen) atoms. The van der Waals surface area contributed by atoms with E-state index in [9.17, 15) is 4.79 Å². The van der Waals surface area contributed by atoms with Gasteiger partial charge in [0.05, 0.1) is 7.11 Å². The molecule has 72 valence electrons. The molecule has 0 aliphatic rings. The normalized spacial score (nSPS) is 12.6. The quantitative estimate of drug-likeness (QED) is 0.524. The Kier molecular flexibility index (Phi) is 7.56. The van der Waals surface area contributed by atoms with Crippen molar-refractivity contribution in [3.05, 3.63) is 0 Å². The summed E-state index contributed by atoms with van der Waals surface area (Å²) in [6.45, 7) is 2.17. The molecule has 0 N–H and O–H groups in total. The van der Waals surface area contributed by atoms with Gasteiger partial charge in [0.25, 0.3) is 0 Å². The Bertz CT molecular complexity index is 126. The molecule has 1 unspecified atom stereocenters. The van der Waals surface area contributed by atoms with Gasteiger partial charge in [-0.3, -0.25) is 4.79 Å². The number of rotatable bonds is 6. The van der Waals surface area contributed by atoms with Crippen LogP contribution >= 0.6 is 15.9 Å². The van der Waals surface area contributed by atoms with E-state index in [1.54, 1.807) is 0 Å². The van der Waals surface area contributed by atoms with Crippen molar-refractivity contribution in [2.24, 2.45) is 0 Å². The summed E-state index contributed by atoms with van der Waals surface area (Å²) in [7, 11) is 1.43. The average molecular weight is 237 g/mol. The van der Waals surface area contributed by atoms with E-state index >= 15 is 0 Å². The topological polar surface area (TPSA) is 26.3 Å². The van der Waals surface area contributed by atoms with Crippen LogP contribution in [0.3, 0.4) is 0 Å². The van der Waals surface area contributed by atoms with Crippen LogP contribution in [0.2, 0.25) is 0 Å². The minimum absolute atomic E-state index is 0.115. The molecule has 0 aliphatic heterocycles. The third-order valence-corrected chi connectivity index (χ3v) is 2.68. The Labute approximate surface area is 82.8 Å². The molecule has 0 aromatic carbocycles. The first-order chi connectivity index (χ1) is 5.70. The van der Waals surface area contributed by atoms with Gasteiger partial charge in [-0.2, -0.15) is 0 Å². The van der Waals surface area contributed by atoms with Gasteiger partial charge in [-0.15, -0.1) is 0 Å². The number of alkyl halides is 1. The molecule has 1 atom stereocenters. The van der Waals surface area contributed by atoms with Gasteiger partial charge in [-0.05, 0) is 12.8 Å². The maximum absolute atomic E-state index is 10.7. The van der Waals surface area contributed by atoms with Crippen molar-refractivity contribution >= 4 is 21.9 Å². The maximum Gasteiger partial charge on any atom is 0.305 e. The summed E-state index contributed by atoms with van der Waals surface area (Å²) in [6.07, 6.45) is 4.98. The zero-order valence-electron chi connectivity index (χ0n) is 7.81. The third-order valence-electron chi connectivity index (χ3n) is 1.76. The monoisotopic (exact) mass is 236 g/mol. The lowest BCUT2D eigenvalue weighted by atomic mass is 10.1. The van der Waals surface area contributed by atoms with Crippen molar-refractivity contribution in [1.82, 2.24) is 0 Å². The van der Waals surface area contributed by atoms with Crippen LogP contribution in [0.25, 0.3) is 0 Å². The fourth-order valence-electron chi connectivity index (χ4n) is 0.946. The van der Waals surface area contributed by atoms with Crippen LogP contribution in [-0.2, 0) is 9.53 Å². The molecule has 0 bridgehead atoms. The maximum atomic E-state index is 10.7. The van der Waals surface area contributed by atoms with E-state index in [4.69, 9.17) is 0 Å². The first-order valence-electron chi connectivity index (χ1n) is 4.41. The van der Waals surface area contributed by atoms with E-state index in [1.807, 2.05) is 0 Å². The fourth-order valence-corrected chi connectivity index (χ4v) is 1.50. The van der Waals surface area contributed by atoms with Gasteiger partial charge in [0.1, 0.15) is 0 Å². The zero-order chi connectivity index (χ0) is 9.40. The van der Waals surface area contributed by atoms with Crippen LogP contribution in [0.5, 0.6) is 0 Å². The minimum Gasteiger partial charge on any atom is -0.469 e. The van der Waals surface area contributed by atoms with E-state index in [-0.39, 0.29) is 5.97 Å². The smallest absolute Gasteiger partial charge is 0.305 e. The highest BCUT2D eigenvalue weighted by molar-refractivity contribution is 9.09. The van der Waals surface area contributed by atoms with Crippen LogP contribution in [0, 0.1) is 0 Å². The molecule has 0 saturated heterocycles. The van der Waals surface area contributed by atoms with Crippen LogP contribution < -0.4 is 0 Å². The van der Waals surface area contributed by atoms with Gasteiger partial charge >= 0.3 is 5.97 Å². The van der Waals surface area contributed by atoms with Crippen LogP contribution in [0.15, 0.2) is 0 Å². The molecular formula is C9H17BrO2. The zero-order valence-corrected chi connectivity index (χ0v) is 9.39. The predicted octanol–water partition coefficient (Wildman–Crippen LogP) is 2.89. The lowest BCUT2D eigenvalue weighted by molar-refractivity contribution is -0.140. The van der Waals surface area contributed by atoms with Crippen LogP contribution in [0.1, 0.15) is 39.0 Å². The van der Waals surface area contributed by atoms with Gasteiger partial charge in [-0.25, -0.2) is 0 Å². The molecule has 0 aliphatic carbocycles. The average Bonchev–Trinajstić information content (AvgIpc) is 2.10. The largest absolute Gasteiger partial charge is 0.469 e. The number of hydrogen-bond donors (Lipinski definition) is 0. The number of ether oxygens (including phenoxy) is 1. The van der Waals surface area contributed by atoms with Gasteiger partial charge in [0, 0.05) is 11.2 Å². The summed E-state index contributed by atoms with van der Waals surface area (Å²) in [5, 5.41) is 0. The summed E-state index contributed by atoms with van der Waals surface area (Å²) in [5.41, 5.74) is 0. The van der Waals surface area contributed by atoms with Crippen molar-refractivity contribution in [3.8, 4) is 0 Å². The Hall–Kier alpha value is -0.0500. The summed E-state index contributed by atoms with van der Waals surface area (Å²) in [6, 6.07) is 0. The molecule has 0 amide bonds. The van der Waals surface area contributed by atoms with Gasteiger partial charge in [0.15, 0.2) is 0 Å². The van der Waals surface area contributed by atoms with E-state index in [2.05, 4.69) is 27.6 Å². The summed E-state index contributed by atoms with van der Waals surface area (Å²) in [5.74, 6) is -0.115. The molecule has 0 radical (unpaired) electrons. The number of methoxy groups -OCH3 is 1.